The van der Waals surface area contributed by atoms with E-state index in [9.17, 15) is 4.79 Å². The summed E-state index contributed by atoms with van der Waals surface area (Å²) in [5.74, 6) is 3.04. The van der Waals surface area contributed by atoms with Crippen LogP contribution in [0.15, 0.2) is 28.8 Å². The topological polar surface area (TPSA) is 85.2 Å². The van der Waals surface area contributed by atoms with Crippen LogP contribution in [-0.4, -0.2) is 32.6 Å². The zero-order valence-electron chi connectivity index (χ0n) is 14.5. The van der Waals surface area contributed by atoms with Gasteiger partial charge in [-0.25, -0.2) is 0 Å². The molecule has 0 spiro atoms. The highest BCUT2D eigenvalue weighted by molar-refractivity contribution is 7.99. The molecule has 140 valence electrons. The van der Waals surface area contributed by atoms with Gasteiger partial charge in [0, 0.05) is 23.8 Å². The van der Waals surface area contributed by atoms with Crippen LogP contribution in [-0.2, 0) is 11.3 Å². The van der Waals surface area contributed by atoms with Gasteiger partial charge < -0.3 is 15.2 Å². The first-order chi connectivity index (χ1) is 12.3. The maximum Gasteiger partial charge on any atom is 0.250 e. The van der Waals surface area contributed by atoms with Gasteiger partial charge in [-0.3, -0.25) is 4.79 Å². The fraction of sp³-hybridized carbons (Fsp3) is 0.500. The van der Waals surface area contributed by atoms with Gasteiger partial charge in [0.25, 0.3) is 5.89 Å². The molecular formula is C18H23ClN4O2S. The monoisotopic (exact) mass is 394 g/mol. The number of nitrogens with two attached hydrogens (primary N) is 1. The summed E-state index contributed by atoms with van der Waals surface area (Å²) in [4.78, 5) is 19.3. The van der Waals surface area contributed by atoms with E-state index >= 15 is 0 Å². The van der Waals surface area contributed by atoms with E-state index in [1.165, 1.54) is 0 Å². The molecule has 1 aromatic heterocycles. The molecular weight excluding hydrogens is 372 g/mol. The summed E-state index contributed by atoms with van der Waals surface area (Å²) in [7, 11) is 0. The smallest absolute Gasteiger partial charge is 0.250 e. The van der Waals surface area contributed by atoms with Gasteiger partial charge in [0.05, 0.1) is 5.88 Å². The Bertz CT molecular complexity index is 746. The van der Waals surface area contributed by atoms with Crippen molar-refractivity contribution in [3.63, 3.8) is 0 Å². The molecule has 2 aliphatic rings. The predicted molar refractivity (Wildman–Crippen MR) is 104 cm³/mol. The lowest BCUT2D eigenvalue weighted by Crippen LogP contribution is -2.35. The number of rotatable bonds is 4. The van der Waals surface area contributed by atoms with Gasteiger partial charge in [0.15, 0.2) is 0 Å². The zero-order valence-corrected chi connectivity index (χ0v) is 16.1. The van der Waals surface area contributed by atoms with Crippen LogP contribution >= 0.6 is 24.2 Å². The molecule has 1 atom stereocenters. The molecule has 1 aliphatic heterocycles. The number of carbonyl (C=O) groups is 1. The first-order valence-corrected chi connectivity index (χ1v) is 9.93. The second-order valence-corrected chi connectivity index (χ2v) is 7.66. The largest absolute Gasteiger partial charge is 0.337 e. The lowest BCUT2D eigenvalue weighted by Gasteiger charge is -2.24. The summed E-state index contributed by atoms with van der Waals surface area (Å²) in [6.45, 7) is 0.509. The first-order valence-electron chi connectivity index (χ1n) is 8.77. The average Bonchev–Trinajstić information content (AvgIpc) is 3.42. The van der Waals surface area contributed by atoms with E-state index in [0.717, 1.165) is 42.6 Å². The van der Waals surface area contributed by atoms with Crippen LogP contribution in [0.5, 0.6) is 0 Å². The molecule has 26 heavy (non-hydrogen) atoms. The summed E-state index contributed by atoms with van der Waals surface area (Å²) in [6.07, 6.45) is 4.34. The molecule has 1 amide bonds. The summed E-state index contributed by atoms with van der Waals surface area (Å²) < 4.78 is 5.51. The van der Waals surface area contributed by atoms with Crippen LogP contribution in [0.1, 0.15) is 43.2 Å². The lowest BCUT2D eigenvalue weighted by atomic mass is 10.1. The van der Waals surface area contributed by atoms with Gasteiger partial charge in [-0.05, 0) is 18.4 Å². The number of nitrogens with zero attached hydrogens (tertiary/aromatic N) is 3. The Morgan fingerprint density at radius 2 is 2.00 bits per heavy atom. The molecule has 2 N–H and O–H groups in total. The minimum atomic E-state index is -0.109. The van der Waals surface area contributed by atoms with E-state index in [-0.39, 0.29) is 30.3 Å². The zero-order chi connectivity index (χ0) is 17.2. The highest BCUT2D eigenvalue weighted by Gasteiger charge is 2.38. The molecule has 1 aliphatic carbocycles. The third-order valence-corrected chi connectivity index (χ3v) is 6.06. The Hall–Kier alpha value is -1.57. The minimum Gasteiger partial charge on any atom is -0.337 e. The Labute approximate surface area is 163 Å². The lowest BCUT2D eigenvalue weighted by molar-refractivity contribution is -0.136. The van der Waals surface area contributed by atoms with Gasteiger partial charge in [-0.1, -0.05) is 42.3 Å². The predicted octanol–water partition coefficient (Wildman–Crippen LogP) is 3.38. The van der Waals surface area contributed by atoms with Gasteiger partial charge in [-0.2, -0.15) is 4.98 Å². The number of hydrogen-bond acceptors (Lipinski definition) is 6. The van der Waals surface area contributed by atoms with E-state index < -0.39 is 0 Å². The van der Waals surface area contributed by atoms with Gasteiger partial charge >= 0.3 is 0 Å². The van der Waals surface area contributed by atoms with Gasteiger partial charge in [0.1, 0.15) is 6.04 Å². The van der Waals surface area contributed by atoms with Crippen molar-refractivity contribution in [1.82, 2.24) is 15.0 Å². The summed E-state index contributed by atoms with van der Waals surface area (Å²) >= 11 is 1.75. The van der Waals surface area contributed by atoms with E-state index in [1.54, 1.807) is 11.8 Å². The van der Waals surface area contributed by atoms with Crippen LogP contribution < -0.4 is 5.73 Å². The number of aromatic nitrogens is 2. The molecule has 6 nitrogen and oxygen atoms in total. The molecule has 8 heteroatoms. The quantitative estimate of drug-likeness (QED) is 0.855. The van der Waals surface area contributed by atoms with Crippen LogP contribution in [0.2, 0.25) is 0 Å². The first kappa shape index (κ1) is 19.2. The fourth-order valence-electron chi connectivity index (χ4n) is 3.55. The molecule has 2 aromatic rings. The highest BCUT2D eigenvalue weighted by Crippen LogP contribution is 2.37. The SMILES string of the molecule is Cl.NCc1ccc(-c2noc(C3CSCN3C(=O)C3CCCC3)n2)cc1. The maximum atomic E-state index is 12.8. The van der Waals surface area contributed by atoms with E-state index in [0.29, 0.717) is 24.1 Å². The maximum absolute atomic E-state index is 12.8. The number of thioether (sulfide) groups is 1. The van der Waals surface area contributed by atoms with Crippen molar-refractivity contribution in [2.24, 2.45) is 11.7 Å². The van der Waals surface area contributed by atoms with Crippen molar-refractivity contribution in [1.29, 1.82) is 0 Å². The third-order valence-electron chi connectivity index (χ3n) is 5.04. The molecule has 1 aromatic carbocycles. The second-order valence-electron chi connectivity index (χ2n) is 6.66. The Morgan fingerprint density at radius 3 is 2.69 bits per heavy atom. The average molecular weight is 395 g/mol. The molecule has 4 rings (SSSR count). The van der Waals surface area contributed by atoms with Crippen LogP contribution in [0.4, 0.5) is 0 Å². The molecule has 0 radical (unpaired) electrons. The fourth-order valence-corrected chi connectivity index (χ4v) is 4.70. The van der Waals surface area contributed by atoms with Crippen molar-refractivity contribution in [2.45, 2.75) is 38.3 Å². The number of halogens is 1. The Morgan fingerprint density at radius 1 is 1.27 bits per heavy atom. The Balaban J connectivity index is 0.00000196. The van der Waals surface area contributed by atoms with Crippen molar-refractivity contribution in [3.8, 4) is 11.4 Å². The molecule has 1 saturated heterocycles. The number of hydrogen-bond donors (Lipinski definition) is 1. The summed E-state index contributed by atoms with van der Waals surface area (Å²) in [5.41, 5.74) is 7.59. The van der Waals surface area contributed by atoms with E-state index in [1.807, 2.05) is 29.2 Å². The number of amides is 1. The molecule has 1 saturated carbocycles. The van der Waals surface area contributed by atoms with E-state index in [2.05, 4.69) is 10.1 Å². The van der Waals surface area contributed by atoms with E-state index in [4.69, 9.17) is 10.3 Å². The highest BCUT2D eigenvalue weighted by atomic mass is 35.5. The number of carbonyl (C=O) groups excluding carboxylic acids is 1. The standard InChI is InChI=1S/C18H22N4O2S.ClH/c19-9-12-5-7-13(8-6-12)16-20-17(24-21-16)15-10-25-11-22(15)18(23)14-3-1-2-4-14;/h5-8,14-15H,1-4,9-11,19H2;1H. The van der Waals surface area contributed by atoms with Crippen LogP contribution in [0.3, 0.4) is 0 Å². The van der Waals surface area contributed by atoms with Crippen molar-refractivity contribution in [2.75, 3.05) is 11.6 Å². The van der Waals surface area contributed by atoms with Crippen molar-refractivity contribution < 1.29 is 9.32 Å². The minimum absolute atomic E-state index is 0. The second kappa shape index (κ2) is 8.41. The molecule has 1 unspecified atom stereocenters. The van der Waals surface area contributed by atoms with Gasteiger partial charge in [-0.15, -0.1) is 24.2 Å². The summed E-state index contributed by atoms with van der Waals surface area (Å²) in [6, 6.07) is 7.71. The third kappa shape index (κ3) is 3.75. The molecule has 2 fully saturated rings. The van der Waals surface area contributed by atoms with Crippen molar-refractivity contribution >= 4 is 30.1 Å². The molecule has 0 bridgehead atoms. The summed E-state index contributed by atoms with van der Waals surface area (Å²) in [5, 5.41) is 4.11. The van der Waals surface area contributed by atoms with Crippen LogP contribution in [0.25, 0.3) is 11.4 Å². The number of benzene rings is 1. The van der Waals surface area contributed by atoms with Crippen LogP contribution in [0, 0.1) is 5.92 Å². The molecule has 2 heterocycles. The van der Waals surface area contributed by atoms with Crippen molar-refractivity contribution in [3.05, 3.63) is 35.7 Å². The normalized spacial score (nSPS) is 20.3. The van der Waals surface area contributed by atoms with Gasteiger partial charge in [0.2, 0.25) is 11.7 Å². The Kier molecular flexibility index (Phi) is 6.21.